The van der Waals surface area contributed by atoms with Crippen LogP contribution in [0, 0.1) is 5.82 Å². The summed E-state index contributed by atoms with van der Waals surface area (Å²) in [6.07, 6.45) is 1.48. The van der Waals surface area contributed by atoms with Gasteiger partial charge in [-0.25, -0.2) is 4.39 Å². The van der Waals surface area contributed by atoms with Crippen molar-refractivity contribution in [2.75, 3.05) is 5.32 Å². The number of fused-ring (bicyclic) bond motifs is 1. The van der Waals surface area contributed by atoms with Gasteiger partial charge >= 0.3 is 0 Å². The third-order valence-corrected chi connectivity index (χ3v) is 4.65. The van der Waals surface area contributed by atoms with E-state index in [1.165, 1.54) is 6.07 Å². The molecular weight excluding hydrogens is 347 g/mol. The number of hydrogen-bond donors (Lipinski definition) is 1. The molecule has 22 heavy (non-hydrogen) atoms. The molecule has 0 bridgehead atoms. The lowest BCUT2D eigenvalue weighted by atomic mass is 10.0. The Morgan fingerprint density at radius 3 is 2.73 bits per heavy atom. The Labute approximate surface area is 136 Å². The van der Waals surface area contributed by atoms with Crippen LogP contribution in [0.25, 0.3) is 0 Å². The van der Waals surface area contributed by atoms with E-state index in [1.54, 1.807) is 17.0 Å². The molecule has 5 heteroatoms. The lowest BCUT2D eigenvalue weighted by Crippen LogP contribution is -2.44. The van der Waals surface area contributed by atoms with Crippen molar-refractivity contribution in [3.63, 3.8) is 0 Å². The van der Waals surface area contributed by atoms with Crippen LogP contribution in [-0.4, -0.2) is 16.8 Å². The fourth-order valence-electron chi connectivity index (χ4n) is 2.95. The Hall–Kier alpha value is -1.88. The molecule has 1 saturated carbocycles. The zero-order valence-electron chi connectivity index (χ0n) is 11.7. The second kappa shape index (κ2) is 5.09. The van der Waals surface area contributed by atoms with Crippen LogP contribution < -0.4 is 5.32 Å². The van der Waals surface area contributed by atoms with Gasteiger partial charge in [-0.1, -0.05) is 28.1 Å². The predicted molar refractivity (Wildman–Crippen MR) is 86.1 cm³/mol. The van der Waals surface area contributed by atoms with E-state index in [2.05, 4.69) is 21.2 Å². The Balaban J connectivity index is 1.84. The molecule has 2 aliphatic rings. The topological polar surface area (TPSA) is 32.3 Å². The van der Waals surface area contributed by atoms with E-state index in [0.717, 1.165) is 23.0 Å². The standard InChI is InChI=1S/C17H14BrFN2O/c18-10-5-8-14(19)13(9-10)16-20-15-4-2-1-3-12(15)17(22)21(16)11-6-7-11/h1-5,8-9,11,16,20H,6-7H2. The molecular formula is C17H14BrFN2O. The first-order chi connectivity index (χ1) is 10.6. The summed E-state index contributed by atoms with van der Waals surface area (Å²) < 4.78 is 15.1. The minimum absolute atomic E-state index is 0.0266. The van der Waals surface area contributed by atoms with E-state index in [9.17, 15) is 9.18 Å². The summed E-state index contributed by atoms with van der Waals surface area (Å²) >= 11 is 3.38. The fourth-order valence-corrected chi connectivity index (χ4v) is 3.33. The van der Waals surface area contributed by atoms with E-state index in [1.807, 2.05) is 24.3 Å². The van der Waals surface area contributed by atoms with Gasteiger partial charge in [-0.3, -0.25) is 4.79 Å². The smallest absolute Gasteiger partial charge is 0.258 e. The molecule has 2 aromatic rings. The molecule has 4 rings (SSSR count). The summed E-state index contributed by atoms with van der Waals surface area (Å²) in [5.74, 6) is -0.334. The van der Waals surface area contributed by atoms with E-state index in [4.69, 9.17) is 0 Å². The molecule has 1 atom stereocenters. The molecule has 1 N–H and O–H groups in total. The van der Waals surface area contributed by atoms with Gasteiger partial charge in [0.2, 0.25) is 0 Å². The Bertz CT molecular complexity index is 760. The van der Waals surface area contributed by atoms with E-state index in [0.29, 0.717) is 11.1 Å². The third-order valence-electron chi connectivity index (χ3n) is 4.16. The van der Waals surface area contributed by atoms with Crippen LogP contribution >= 0.6 is 15.9 Å². The van der Waals surface area contributed by atoms with E-state index >= 15 is 0 Å². The molecule has 0 radical (unpaired) electrons. The number of nitrogens with one attached hydrogen (secondary N) is 1. The number of benzene rings is 2. The van der Waals surface area contributed by atoms with Crippen molar-refractivity contribution >= 4 is 27.5 Å². The minimum atomic E-state index is -0.465. The lowest BCUT2D eigenvalue weighted by molar-refractivity contribution is 0.0663. The first-order valence-electron chi connectivity index (χ1n) is 7.28. The number of hydrogen-bond acceptors (Lipinski definition) is 2. The number of carbonyl (C=O) groups excluding carboxylic acids is 1. The van der Waals surface area contributed by atoms with Gasteiger partial charge in [0.05, 0.1) is 5.56 Å². The van der Waals surface area contributed by atoms with Gasteiger partial charge in [0.15, 0.2) is 0 Å². The van der Waals surface area contributed by atoms with Crippen LogP contribution in [0.3, 0.4) is 0 Å². The molecule has 1 heterocycles. The largest absolute Gasteiger partial charge is 0.361 e. The summed E-state index contributed by atoms with van der Waals surface area (Å²) in [5, 5.41) is 3.33. The molecule has 1 aliphatic carbocycles. The number of rotatable bonds is 2. The molecule has 0 spiro atoms. The first-order valence-corrected chi connectivity index (χ1v) is 8.07. The van der Waals surface area contributed by atoms with Gasteiger partial charge < -0.3 is 10.2 Å². The van der Waals surface area contributed by atoms with Crippen molar-refractivity contribution in [3.8, 4) is 0 Å². The van der Waals surface area contributed by atoms with Gasteiger partial charge in [0, 0.05) is 21.8 Å². The van der Waals surface area contributed by atoms with Gasteiger partial charge in [0.25, 0.3) is 5.91 Å². The Morgan fingerprint density at radius 2 is 1.95 bits per heavy atom. The number of amides is 1. The molecule has 0 aromatic heterocycles. The molecule has 3 nitrogen and oxygen atoms in total. The number of para-hydroxylation sites is 1. The molecule has 1 amide bonds. The zero-order valence-corrected chi connectivity index (χ0v) is 13.3. The molecule has 2 aromatic carbocycles. The summed E-state index contributed by atoms with van der Waals surface area (Å²) in [6.45, 7) is 0. The highest BCUT2D eigenvalue weighted by atomic mass is 79.9. The molecule has 112 valence electrons. The highest BCUT2D eigenvalue weighted by Crippen LogP contribution is 2.41. The summed E-state index contributed by atoms with van der Waals surface area (Å²) in [4.78, 5) is 14.6. The van der Waals surface area contributed by atoms with E-state index in [-0.39, 0.29) is 17.8 Å². The number of carbonyl (C=O) groups is 1. The van der Waals surface area contributed by atoms with Crippen molar-refractivity contribution < 1.29 is 9.18 Å². The van der Waals surface area contributed by atoms with Gasteiger partial charge in [-0.15, -0.1) is 0 Å². The van der Waals surface area contributed by atoms with Crippen molar-refractivity contribution in [1.29, 1.82) is 0 Å². The summed E-state index contributed by atoms with van der Waals surface area (Å²) in [7, 11) is 0. The minimum Gasteiger partial charge on any atom is -0.361 e. The summed E-state index contributed by atoms with van der Waals surface area (Å²) in [5.41, 5.74) is 1.90. The van der Waals surface area contributed by atoms with Crippen molar-refractivity contribution in [1.82, 2.24) is 4.90 Å². The van der Waals surface area contributed by atoms with Crippen LogP contribution in [-0.2, 0) is 0 Å². The average Bonchev–Trinajstić information content (AvgIpc) is 3.34. The monoisotopic (exact) mass is 360 g/mol. The van der Waals surface area contributed by atoms with Crippen LogP contribution in [0.2, 0.25) is 0 Å². The number of nitrogens with zero attached hydrogens (tertiary/aromatic N) is 1. The maximum atomic E-state index is 14.3. The van der Waals surface area contributed by atoms with Crippen molar-refractivity contribution in [2.24, 2.45) is 0 Å². The highest BCUT2D eigenvalue weighted by molar-refractivity contribution is 9.10. The van der Waals surface area contributed by atoms with Crippen molar-refractivity contribution in [2.45, 2.75) is 25.0 Å². The molecule has 1 aliphatic heterocycles. The first kappa shape index (κ1) is 13.8. The fraction of sp³-hybridized carbons (Fsp3) is 0.235. The van der Waals surface area contributed by atoms with Crippen LogP contribution in [0.5, 0.6) is 0 Å². The van der Waals surface area contributed by atoms with Gasteiger partial charge in [-0.05, 0) is 43.2 Å². The maximum Gasteiger partial charge on any atom is 0.258 e. The average molecular weight is 361 g/mol. The normalized spacial score (nSPS) is 20.5. The van der Waals surface area contributed by atoms with Crippen LogP contribution in [0.4, 0.5) is 10.1 Å². The lowest BCUT2D eigenvalue weighted by Gasteiger charge is -2.38. The molecule has 1 unspecified atom stereocenters. The third kappa shape index (κ3) is 2.20. The van der Waals surface area contributed by atoms with Gasteiger partial charge in [-0.2, -0.15) is 0 Å². The molecule has 0 saturated heterocycles. The Morgan fingerprint density at radius 1 is 1.18 bits per heavy atom. The van der Waals surface area contributed by atoms with Crippen molar-refractivity contribution in [3.05, 3.63) is 63.9 Å². The SMILES string of the molecule is O=C1c2ccccc2NC(c2cc(Br)ccc2F)N1C1CC1. The number of halogens is 2. The van der Waals surface area contributed by atoms with Crippen LogP contribution in [0.15, 0.2) is 46.9 Å². The highest BCUT2D eigenvalue weighted by Gasteiger charge is 2.42. The zero-order chi connectivity index (χ0) is 15.3. The Kier molecular flexibility index (Phi) is 3.18. The van der Waals surface area contributed by atoms with Crippen LogP contribution in [0.1, 0.15) is 34.9 Å². The second-order valence-corrected chi connectivity index (χ2v) is 6.62. The number of anilines is 1. The quantitative estimate of drug-likeness (QED) is 0.864. The second-order valence-electron chi connectivity index (χ2n) is 5.70. The van der Waals surface area contributed by atoms with E-state index < -0.39 is 6.17 Å². The van der Waals surface area contributed by atoms with Gasteiger partial charge in [0.1, 0.15) is 12.0 Å². The summed E-state index contributed by atoms with van der Waals surface area (Å²) in [6, 6.07) is 12.4. The molecule has 1 fully saturated rings. The maximum absolute atomic E-state index is 14.3. The predicted octanol–water partition coefficient (Wildman–Crippen LogP) is 4.32.